The Labute approximate surface area is 193 Å². The summed E-state index contributed by atoms with van der Waals surface area (Å²) < 4.78 is 55.0. The third kappa shape index (κ3) is 5.64. The van der Waals surface area contributed by atoms with E-state index < -0.39 is 12.7 Å². The molecule has 2 aromatic heterocycles. The zero-order chi connectivity index (χ0) is 24.5. The summed E-state index contributed by atoms with van der Waals surface area (Å²) in [6.07, 6.45) is -4.38. The van der Waals surface area contributed by atoms with Crippen molar-refractivity contribution in [3.05, 3.63) is 58.9 Å². The molecule has 0 saturated heterocycles. The SMILES string of the molecule is Cc1cc(C(=O)CSc2nnc(C(C)N(C)C)n2-c2ccc(F)cc2)c(C)n1CC(F)(F)F. The molecule has 0 bridgehead atoms. The average Bonchev–Trinajstić information content (AvgIpc) is 3.27. The van der Waals surface area contributed by atoms with Gasteiger partial charge in [-0.25, -0.2) is 4.39 Å². The largest absolute Gasteiger partial charge is 0.406 e. The van der Waals surface area contributed by atoms with Gasteiger partial charge in [-0.1, -0.05) is 11.8 Å². The fraction of sp³-hybridized carbons (Fsp3) is 0.409. The Hall–Kier alpha value is -2.66. The Balaban J connectivity index is 1.88. The molecular formula is C22H25F4N5OS. The topological polar surface area (TPSA) is 56.0 Å². The molecule has 6 nitrogen and oxygen atoms in total. The number of hydrogen-bond acceptors (Lipinski definition) is 5. The molecule has 0 aliphatic carbocycles. The predicted octanol–water partition coefficient (Wildman–Crippen LogP) is 4.98. The van der Waals surface area contributed by atoms with Crippen molar-refractivity contribution in [2.24, 2.45) is 0 Å². The summed E-state index contributed by atoms with van der Waals surface area (Å²) in [6, 6.07) is 7.22. The van der Waals surface area contributed by atoms with Crippen molar-refractivity contribution in [3.8, 4) is 5.69 Å². The highest BCUT2D eigenvalue weighted by atomic mass is 32.2. The summed E-state index contributed by atoms with van der Waals surface area (Å²) in [4.78, 5) is 14.8. The molecule has 0 aliphatic heterocycles. The van der Waals surface area contributed by atoms with Crippen LogP contribution in [0.2, 0.25) is 0 Å². The van der Waals surface area contributed by atoms with E-state index >= 15 is 0 Å². The first-order valence-corrected chi connectivity index (χ1v) is 11.1. The lowest BCUT2D eigenvalue weighted by atomic mass is 10.2. The first kappa shape index (κ1) is 25.0. The molecular weight excluding hydrogens is 458 g/mol. The molecule has 0 saturated carbocycles. The summed E-state index contributed by atoms with van der Waals surface area (Å²) in [5, 5.41) is 8.94. The Kier molecular flexibility index (Phi) is 7.32. The summed E-state index contributed by atoms with van der Waals surface area (Å²) in [5.74, 6) is -0.110. The maximum atomic E-state index is 13.5. The number of thioether (sulfide) groups is 1. The molecule has 0 fully saturated rings. The van der Waals surface area contributed by atoms with Gasteiger partial charge in [0.25, 0.3) is 0 Å². The molecule has 1 atom stereocenters. The number of hydrogen-bond donors (Lipinski definition) is 0. The molecule has 178 valence electrons. The van der Waals surface area contributed by atoms with Gasteiger partial charge in [-0.2, -0.15) is 13.2 Å². The molecule has 33 heavy (non-hydrogen) atoms. The number of nitrogens with zero attached hydrogens (tertiary/aromatic N) is 5. The third-order valence-electron chi connectivity index (χ3n) is 5.44. The molecule has 2 heterocycles. The number of aryl methyl sites for hydroxylation is 1. The standard InChI is InChI=1S/C22H25F4N5OS/c1-13-10-18(14(2)30(13)12-22(24,25)26)19(32)11-33-21-28-27-20(15(3)29(4)5)31(21)17-8-6-16(23)7-9-17/h6-10,15H,11-12H2,1-5H3. The van der Waals surface area contributed by atoms with E-state index in [1.807, 2.05) is 25.9 Å². The number of carbonyl (C=O) groups excluding carboxylic acids is 1. The van der Waals surface area contributed by atoms with Crippen LogP contribution in [-0.4, -0.2) is 56.0 Å². The van der Waals surface area contributed by atoms with E-state index in [4.69, 9.17) is 0 Å². The molecule has 0 aliphatic rings. The van der Waals surface area contributed by atoms with Crippen LogP contribution in [0.5, 0.6) is 0 Å². The van der Waals surface area contributed by atoms with Gasteiger partial charge >= 0.3 is 6.18 Å². The summed E-state index contributed by atoms with van der Waals surface area (Å²) >= 11 is 1.13. The minimum atomic E-state index is -4.38. The van der Waals surface area contributed by atoms with Crippen LogP contribution in [0.15, 0.2) is 35.5 Å². The van der Waals surface area contributed by atoms with E-state index in [9.17, 15) is 22.4 Å². The van der Waals surface area contributed by atoms with Crippen LogP contribution in [-0.2, 0) is 6.54 Å². The number of aromatic nitrogens is 4. The van der Waals surface area contributed by atoms with Crippen molar-refractivity contribution in [1.29, 1.82) is 0 Å². The second-order valence-corrected chi connectivity index (χ2v) is 8.93. The fourth-order valence-electron chi connectivity index (χ4n) is 3.42. The average molecular weight is 484 g/mol. The Morgan fingerprint density at radius 2 is 1.79 bits per heavy atom. The number of rotatable bonds is 8. The molecule has 1 aromatic carbocycles. The van der Waals surface area contributed by atoms with Crippen molar-refractivity contribution >= 4 is 17.5 Å². The van der Waals surface area contributed by atoms with E-state index in [2.05, 4.69) is 10.2 Å². The van der Waals surface area contributed by atoms with Gasteiger partial charge in [0, 0.05) is 22.6 Å². The number of halogens is 4. The van der Waals surface area contributed by atoms with Crippen LogP contribution >= 0.6 is 11.8 Å². The minimum Gasteiger partial charge on any atom is -0.339 e. The lowest BCUT2D eigenvalue weighted by Crippen LogP contribution is -2.20. The number of benzene rings is 1. The second-order valence-electron chi connectivity index (χ2n) is 7.99. The number of alkyl halides is 3. The molecule has 1 unspecified atom stereocenters. The van der Waals surface area contributed by atoms with Crippen LogP contribution < -0.4 is 0 Å². The molecule has 3 rings (SSSR count). The van der Waals surface area contributed by atoms with Gasteiger partial charge in [0.1, 0.15) is 12.4 Å². The molecule has 3 aromatic rings. The zero-order valence-electron chi connectivity index (χ0n) is 18.9. The van der Waals surface area contributed by atoms with Gasteiger partial charge in [0.15, 0.2) is 16.8 Å². The maximum Gasteiger partial charge on any atom is 0.406 e. The monoisotopic (exact) mass is 483 g/mol. The van der Waals surface area contributed by atoms with E-state index in [-0.39, 0.29) is 34.7 Å². The van der Waals surface area contributed by atoms with Gasteiger partial charge in [-0.3, -0.25) is 14.3 Å². The number of carbonyl (C=O) groups is 1. The fourth-order valence-corrected chi connectivity index (χ4v) is 4.27. The van der Waals surface area contributed by atoms with E-state index in [1.165, 1.54) is 25.1 Å². The van der Waals surface area contributed by atoms with Crippen molar-refractivity contribution in [1.82, 2.24) is 24.2 Å². The molecule has 11 heteroatoms. The summed E-state index contributed by atoms with van der Waals surface area (Å²) in [5.41, 5.74) is 1.54. The van der Waals surface area contributed by atoms with E-state index in [0.29, 0.717) is 22.4 Å². The van der Waals surface area contributed by atoms with E-state index in [0.717, 1.165) is 16.3 Å². The summed E-state index contributed by atoms with van der Waals surface area (Å²) in [6.45, 7) is 3.85. The van der Waals surface area contributed by atoms with Crippen molar-refractivity contribution in [3.63, 3.8) is 0 Å². The molecule has 0 radical (unpaired) electrons. The molecule has 0 amide bonds. The Morgan fingerprint density at radius 1 is 1.15 bits per heavy atom. The Bertz CT molecular complexity index is 1140. The van der Waals surface area contributed by atoms with Crippen LogP contribution in [0, 0.1) is 19.7 Å². The van der Waals surface area contributed by atoms with Crippen LogP contribution in [0.4, 0.5) is 17.6 Å². The quantitative estimate of drug-likeness (QED) is 0.257. The highest BCUT2D eigenvalue weighted by Gasteiger charge is 2.30. The second kappa shape index (κ2) is 9.68. The molecule has 0 N–H and O–H groups in total. The molecule has 0 spiro atoms. The van der Waals surface area contributed by atoms with Crippen LogP contribution in [0.3, 0.4) is 0 Å². The number of Topliss-reactive ketones (excluding diaryl/α,β-unsaturated/α-hetero) is 1. The lowest BCUT2D eigenvalue weighted by molar-refractivity contribution is -0.141. The maximum absolute atomic E-state index is 13.5. The van der Waals surface area contributed by atoms with Crippen LogP contribution in [0.1, 0.15) is 40.5 Å². The van der Waals surface area contributed by atoms with Crippen LogP contribution in [0.25, 0.3) is 5.69 Å². The van der Waals surface area contributed by atoms with Gasteiger partial charge in [-0.05, 0) is 65.2 Å². The van der Waals surface area contributed by atoms with Crippen molar-refractivity contribution < 1.29 is 22.4 Å². The zero-order valence-corrected chi connectivity index (χ0v) is 19.8. The third-order valence-corrected chi connectivity index (χ3v) is 6.36. The van der Waals surface area contributed by atoms with Gasteiger partial charge in [0.05, 0.1) is 11.8 Å². The van der Waals surface area contributed by atoms with Gasteiger partial charge in [-0.15, -0.1) is 10.2 Å². The van der Waals surface area contributed by atoms with Crippen molar-refractivity contribution in [2.75, 3.05) is 19.8 Å². The van der Waals surface area contributed by atoms with Crippen molar-refractivity contribution in [2.45, 2.75) is 44.7 Å². The normalized spacial score (nSPS) is 13.0. The minimum absolute atomic E-state index is 0.0357. The first-order valence-electron chi connectivity index (χ1n) is 10.2. The number of ketones is 1. The highest BCUT2D eigenvalue weighted by molar-refractivity contribution is 7.99. The summed E-state index contributed by atoms with van der Waals surface area (Å²) in [7, 11) is 3.78. The predicted molar refractivity (Wildman–Crippen MR) is 118 cm³/mol. The van der Waals surface area contributed by atoms with E-state index in [1.54, 1.807) is 23.6 Å². The first-order chi connectivity index (χ1) is 15.4. The Morgan fingerprint density at radius 3 is 2.36 bits per heavy atom. The lowest BCUT2D eigenvalue weighted by Gasteiger charge is -2.20. The smallest absolute Gasteiger partial charge is 0.339 e. The highest BCUT2D eigenvalue weighted by Crippen LogP contribution is 2.29. The van der Waals surface area contributed by atoms with Gasteiger partial charge in [0.2, 0.25) is 0 Å². The van der Waals surface area contributed by atoms with Gasteiger partial charge < -0.3 is 4.57 Å².